The molecule has 106 valence electrons. The van der Waals surface area contributed by atoms with Crippen molar-refractivity contribution in [1.29, 1.82) is 0 Å². The number of esters is 1. The van der Waals surface area contributed by atoms with Gasteiger partial charge in [0.25, 0.3) is 5.34 Å². The SMILES string of the molecule is COC(=O)C(O)(c1ccc(Cl)cc1)P(=O)(OC)OC. The van der Waals surface area contributed by atoms with Crippen LogP contribution in [0.1, 0.15) is 5.56 Å². The molecule has 0 aliphatic heterocycles. The first-order valence-corrected chi connectivity index (χ1v) is 7.06. The first kappa shape index (κ1) is 16.1. The predicted octanol–water partition coefficient (Wildman–Crippen LogP) is 2.14. The normalized spacial score (nSPS) is 14.8. The Bertz CT molecular complexity index is 494. The lowest BCUT2D eigenvalue weighted by atomic mass is 10.1. The van der Waals surface area contributed by atoms with Crippen LogP contribution in [-0.2, 0) is 28.5 Å². The van der Waals surface area contributed by atoms with Crippen LogP contribution in [0.2, 0.25) is 5.02 Å². The van der Waals surface area contributed by atoms with E-state index in [-0.39, 0.29) is 5.56 Å². The van der Waals surface area contributed by atoms with E-state index in [1.807, 2.05) is 0 Å². The largest absolute Gasteiger partial charge is 0.466 e. The van der Waals surface area contributed by atoms with Crippen molar-refractivity contribution in [1.82, 2.24) is 0 Å². The summed E-state index contributed by atoms with van der Waals surface area (Å²) in [4.78, 5) is 11.8. The van der Waals surface area contributed by atoms with Gasteiger partial charge < -0.3 is 18.9 Å². The van der Waals surface area contributed by atoms with Crippen LogP contribution >= 0.6 is 19.2 Å². The van der Waals surface area contributed by atoms with E-state index < -0.39 is 18.9 Å². The summed E-state index contributed by atoms with van der Waals surface area (Å²) in [6.45, 7) is 0. The summed E-state index contributed by atoms with van der Waals surface area (Å²) in [5, 5.41) is 8.36. The van der Waals surface area contributed by atoms with E-state index in [0.717, 1.165) is 21.3 Å². The molecule has 8 heteroatoms. The number of methoxy groups -OCH3 is 1. The second kappa shape index (κ2) is 6.03. The van der Waals surface area contributed by atoms with E-state index >= 15 is 0 Å². The maximum atomic E-state index is 12.4. The van der Waals surface area contributed by atoms with Gasteiger partial charge in [-0.3, -0.25) is 4.57 Å². The second-order valence-corrected chi connectivity index (χ2v) is 6.34. The van der Waals surface area contributed by atoms with Gasteiger partial charge in [0.15, 0.2) is 0 Å². The maximum Gasteiger partial charge on any atom is 0.377 e. The summed E-state index contributed by atoms with van der Waals surface area (Å²) in [5.41, 5.74) is -0.00390. The number of benzene rings is 1. The summed E-state index contributed by atoms with van der Waals surface area (Å²) in [5.74, 6) is -1.15. The molecule has 0 saturated heterocycles. The average Bonchev–Trinajstić information content (AvgIpc) is 2.45. The Hall–Kier alpha value is -0.910. The highest BCUT2D eigenvalue weighted by atomic mass is 35.5. The Morgan fingerprint density at radius 3 is 2.05 bits per heavy atom. The molecular weight excluding hydrogens is 295 g/mol. The number of carbonyl (C=O) groups is 1. The molecule has 0 radical (unpaired) electrons. The third-order valence-corrected chi connectivity index (χ3v) is 5.04. The van der Waals surface area contributed by atoms with Gasteiger partial charge in [-0.25, -0.2) is 4.79 Å². The summed E-state index contributed by atoms with van der Waals surface area (Å²) < 4.78 is 26.3. The van der Waals surface area contributed by atoms with Gasteiger partial charge >= 0.3 is 13.6 Å². The molecule has 1 rings (SSSR count). The topological polar surface area (TPSA) is 82.1 Å². The number of ether oxygens (including phenoxy) is 1. The molecule has 0 aromatic heterocycles. The van der Waals surface area contributed by atoms with Crippen LogP contribution in [0.5, 0.6) is 0 Å². The van der Waals surface area contributed by atoms with Gasteiger partial charge in [0, 0.05) is 24.8 Å². The fourth-order valence-corrected chi connectivity index (χ4v) is 3.13. The smallest absolute Gasteiger partial charge is 0.377 e. The monoisotopic (exact) mass is 308 g/mol. The second-order valence-electron chi connectivity index (χ2n) is 3.53. The minimum Gasteiger partial charge on any atom is -0.466 e. The molecule has 0 heterocycles. The Balaban J connectivity index is 3.48. The Morgan fingerprint density at radius 2 is 1.68 bits per heavy atom. The third-order valence-electron chi connectivity index (χ3n) is 2.59. The van der Waals surface area contributed by atoms with Crippen LogP contribution in [0.4, 0.5) is 0 Å². The summed E-state index contributed by atoms with van der Waals surface area (Å²) >= 11 is 5.73. The van der Waals surface area contributed by atoms with Crippen molar-refractivity contribution < 1.29 is 28.3 Å². The number of carbonyl (C=O) groups excluding carboxylic acids is 1. The molecule has 1 unspecified atom stereocenters. The molecule has 1 aromatic rings. The molecule has 0 aliphatic carbocycles. The van der Waals surface area contributed by atoms with Gasteiger partial charge in [-0.2, -0.15) is 0 Å². The zero-order chi connectivity index (χ0) is 14.7. The van der Waals surface area contributed by atoms with Crippen LogP contribution < -0.4 is 0 Å². The van der Waals surface area contributed by atoms with E-state index in [1.165, 1.54) is 24.3 Å². The minimum absolute atomic E-state index is 0.00390. The number of hydrogen-bond acceptors (Lipinski definition) is 6. The number of hydrogen-bond donors (Lipinski definition) is 1. The summed E-state index contributed by atoms with van der Waals surface area (Å²) in [7, 11) is -0.993. The predicted molar refractivity (Wildman–Crippen MR) is 69.0 cm³/mol. The average molecular weight is 309 g/mol. The molecule has 19 heavy (non-hydrogen) atoms. The molecular formula is C11H14ClO6P. The van der Waals surface area contributed by atoms with Crippen molar-refractivity contribution >= 4 is 25.2 Å². The van der Waals surface area contributed by atoms with Gasteiger partial charge in [0.05, 0.1) is 7.11 Å². The fraction of sp³-hybridized carbons (Fsp3) is 0.364. The van der Waals surface area contributed by atoms with Crippen LogP contribution in [0.3, 0.4) is 0 Å². The zero-order valence-corrected chi connectivity index (χ0v) is 12.3. The van der Waals surface area contributed by atoms with Gasteiger partial charge in [-0.15, -0.1) is 0 Å². The first-order valence-electron chi connectivity index (χ1n) is 5.14. The quantitative estimate of drug-likeness (QED) is 0.663. The third kappa shape index (κ3) is 2.68. The van der Waals surface area contributed by atoms with E-state index in [9.17, 15) is 14.5 Å². The van der Waals surface area contributed by atoms with Crippen molar-refractivity contribution in [2.24, 2.45) is 0 Å². The zero-order valence-electron chi connectivity index (χ0n) is 10.6. The van der Waals surface area contributed by atoms with E-state index in [1.54, 1.807) is 0 Å². The lowest BCUT2D eigenvalue weighted by molar-refractivity contribution is -0.156. The van der Waals surface area contributed by atoms with Crippen molar-refractivity contribution in [3.63, 3.8) is 0 Å². The molecule has 0 fully saturated rings. The van der Waals surface area contributed by atoms with Crippen LogP contribution in [-0.4, -0.2) is 32.4 Å². The molecule has 0 aliphatic rings. The first-order chi connectivity index (χ1) is 8.85. The minimum atomic E-state index is -4.17. The highest BCUT2D eigenvalue weighted by Gasteiger charge is 2.58. The summed E-state index contributed by atoms with van der Waals surface area (Å²) in [6, 6.07) is 5.54. The molecule has 0 bridgehead atoms. The Morgan fingerprint density at radius 1 is 1.21 bits per heavy atom. The standard InChI is InChI=1S/C11H14ClO6P/c1-16-10(13)11(14,19(15,17-2)18-3)8-4-6-9(12)7-5-8/h4-7,14H,1-3H3. The van der Waals surface area contributed by atoms with Crippen molar-refractivity contribution in [3.05, 3.63) is 34.9 Å². The van der Waals surface area contributed by atoms with E-state index in [4.69, 9.17) is 20.6 Å². The molecule has 6 nitrogen and oxygen atoms in total. The van der Waals surface area contributed by atoms with Gasteiger partial charge in [-0.05, 0) is 12.1 Å². The van der Waals surface area contributed by atoms with Gasteiger partial charge in [0.1, 0.15) is 0 Å². The lowest BCUT2D eigenvalue weighted by Crippen LogP contribution is -2.37. The molecule has 1 aromatic carbocycles. The Labute approximate surface area is 115 Å². The van der Waals surface area contributed by atoms with Gasteiger partial charge in [-0.1, -0.05) is 23.7 Å². The lowest BCUT2D eigenvalue weighted by Gasteiger charge is -2.30. The van der Waals surface area contributed by atoms with Crippen molar-refractivity contribution in [3.8, 4) is 0 Å². The molecule has 1 atom stereocenters. The van der Waals surface area contributed by atoms with Crippen molar-refractivity contribution in [2.45, 2.75) is 5.34 Å². The maximum absolute atomic E-state index is 12.4. The van der Waals surface area contributed by atoms with Gasteiger partial charge in [0.2, 0.25) is 0 Å². The fourth-order valence-electron chi connectivity index (χ4n) is 1.55. The van der Waals surface area contributed by atoms with Crippen molar-refractivity contribution in [2.75, 3.05) is 21.3 Å². The van der Waals surface area contributed by atoms with E-state index in [0.29, 0.717) is 5.02 Å². The molecule has 0 spiro atoms. The number of rotatable bonds is 5. The van der Waals surface area contributed by atoms with E-state index in [2.05, 4.69) is 4.74 Å². The highest BCUT2D eigenvalue weighted by molar-refractivity contribution is 7.56. The van der Waals surface area contributed by atoms with Crippen LogP contribution in [0.15, 0.2) is 24.3 Å². The van der Waals surface area contributed by atoms with Crippen LogP contribution in [0, 0.1) is 0 Å². The Kier molecular flexibility index (Phi) is 5.12. The number of aliphatic hydroxyl groups is 1. The number of halogens is 1. The van der Waals surface area contributed by atoms with Crippen LogP contribution in [0.25, 0.3) is 0 Å². The highest BCUT2D eigenvalue weighted by Crippen LogP contribution is 2.63. The summed E-state index contributed by atoms with van der Waals surface area (Å²) in [6.07, 6.45) is 0. The molecule has 0 amide bonds. The molecule has 1 N–H and O–H groups in total. The molecule has 0 saturated carbocycles.